The van der Waals surface area contributed by atoms with Gasteiger partial charge in [0, 0.05) is 84.8 Å². The van der Waals surface area contributed by atoms with Crippen molar-refractivity contribution in [3.63, 3.8) is 0 Å². The van der Waals surface area contributed by atoms with Gasteiger partial charge in [0.25, 0.3) is 0 Å². The number of hydrogen-bond donors (Lipinski definition) is 2. The van der Waals surface area contributed by atoms with E-state index in [1.807, 2.05) is 79.8 Å². The minimum absolute atomic E-state index is 0.108. The summed E-state index contributed by atoms with van der Waals surface area (Å²) in [5.41, 5.74) is 21.7. The summed E-state index contributed by atoms with van der Waals surface area (Å²) < 4.78 is 17.7. The van der Waals surface area contributed by atoms with Crippen molar-refractivity contribution in [3.8, 4) is 22.5 Å². The number of nitrogens with two attached hydrogens (primary N) is 1. The Labute approximate surface area is 411 Å². The molecule has 4 heterocycles. The van der Waals surface area contributed by atoms with Crippen molar-refractivity contribution in [2.24, 2.45) is 5.73 Å². The summed E-state index contributed by atoms with van der Waals surface area (Å²) in [6.07, 6.45) is 11.9. The first kappa shape index (κ1) is 43.3. The average Bonchev–Trinajstić information content (AvgIpc) is 4.14. The van der Waals surface area contributed by atoms with Crippen LogP contribution in [0.25, 0.3) is 110 Å². The molecule has 0 bridgehead atoms. The Morgan fingerprint density at radius 2 is 1.01 bits per heavy atom. The van der Waals surface area contributed by atoms with Crippen molar-refractivity contribution < 1.29 is 8.83 Å². The molecule has 13 aromatic rings. The molecule has 0 saturated carbocycles. The molecule has 0 radical (unpaired) electrons. The average molecular weight is 919 g/mol. The number of allylic oxidation sites excluding steroid dienone is 6. The van der Waals surface area contributed by atoms with E-state index in [4.69, 9.17) is 20.0 Å². The lowest BCUT2D eigenvalue weighted by molar-refractivity contribution is 0.669. The van der Waals surface area contributed by atoms with E-state index in [9.17, 15) is 0 Å². The van der Waals surface area contributed by atoms with Gasteiger partial charge in [-0.25, -0.2) is 0 Å². The Morgan fingerprint density at radius 1 is 0.465 bits per heavy atom. The van der Waals surface area contributed by atoms with Crippen molar-refractivity contribution in [3.05, 3.63) is 242 Å². The first-order valence-corrected chi connectivity index (χ1v) is 24.2. The molecule has 0 aliphatic carbocycles. The molecular formula is C65H50N4O2. The monoisotopic (exact) mass is 918 g/mol. The van der Waals surface area contributed by atoms with Crippen LogP contribution in [0.5, 0.6) is 0 Å². The first-order valence-electron chi connectivity index (χ1n) is 24.2. The number of nitrogens with zero attached hydrogens (tertiary/aromatic N) is 2. The van der Waals surface area contributed by atoms with Gasteiger partial charge in [-0.05, 0) is 115 Å². The van der Waals surface area contributed by atoms with Gasteiger partial charge in [-0.3, -0.25) is 0 Å². The second kappa shape index (κ2) is 18.2. The lowest BCUT2D eigenvalue weighted by atomic mass is 10.00. The quantitative estimate of drug-likeness (QED) is 0.112. The number of hydrogen-bond acceptors (Lipinski definition) is 4. The zero-order chi connectivity index (χ0) is 48.0. The summed E-state index contributed by atoms with van der Waals surface area (Å²) in [7, 11) is 0. The molecular weight excluding hydrogens is 869 g/mol. The molecule has 342 valence electrons. The van der Waals surface area contributed by atoms with Gasteiger partial charge < -0.3 is 29.1 Å². The van der Waals surface area contributed by atoms with E-state index in [2.05, 4.69) is 168 Å². The molecule has 1 atom stereocenters. The Kier molecular flexibility index (Phi) is 11.1. The SMILES string of the molecule is C\C=C/C=C\C=C\C(=N)CC(N)c1ccccc1.Cc1cccc(-n2c3ccc(-c4ccc5oc6cc7c(cc6c5c4)c4ccccc4n7-c4ccccc4)cc3c3cc4c(cc32)oc2ccccc24)c1. The van der Waals surface area contributed by atoms with Gasteiger partial charge in [-0.1, -0.05) is 140 Å². The zero-order valence-electron chi connectivity index (χ0n) is 39.5. The molecule has 0 fully saturated rings. The van der Waals surface area contributed by atoms with Crippen LogP contribution in [0.4, 0.5) is 0 Å². The van der Waals surface area contributed by atoms with Crippen LogP contribution in [0.15, 0.2) is 239 Å². The van der Waals surface area contributed by atoms with Crippen LogP contribution in [0.3, 0.4) is 0 Å². The molecule has 0 aliphatic heterocycles. The van der Waals surface area contributed by atoms with Gasteiger partial charge >= 0.3 is 0 Å². The van der Waals surface area contributed by atoms with E-state index in [-0.39, 0.29) is 6.04 Å². The predicted molar refractivity (Wildman–Crippen MR) is 299 cm³/mol. The highest BCUT2D eigenvalue weighted by Crippen LogP contribution is 2.42. The second-order valence-corrected chi connectivity index (χ2v) is 18.3. The summed E-state index contributed by atoms with van der Waals surface area (Å²) in [6.45, 7) is 4.12. The fraction of sp³-hybridized carbons (Fsp3) is 0.0615. The lowest BCUT2D eigenvalue weighted by Crippen LogP contribution is -2.13. The molecule has 9 aromatic carbocycles. The number of aromatic nitrogens is 2. The Balaban J connectivity index is 0.000000246. The standard InChI is InChI=1S/C49H30N2O2.C16H20N2/c1-29-10-9-13-33(22-29)51-43-20-18-30(23-36(43)38-26-40-35-15-6-8-17-46(35)52-48(40)28-45(38)51)31-19-21-47-39(24-31)41-25-37-34-14-5-7-16-42(34)50(32-11-3-2-4-12-32)44(37)27-49(41)53-47;1-2-3-4-5-9-12-15(17)13-16(18)14-10-7-6-8-11-14/h2-28H,1H3;2-12,16-17H,13,18H2,1H3/b;3-2-,5-4-,12-9+,17-15?. The topological polar surface area (TPSA) is 86.0 Å². The van der Waals surface area contributed by atoms with Crippen LogP contribution < -0.4 is 5.73 Å². The van der Waals surface area contributed by atoms with Gasteiger partial charge in [0.2, 0.25) is 0 Å². The van der Waals surface area contributed by atoms with Crippen LogP contribution >= 0.6 is 0 Å². The minimum atomic E-state index is -0.108. The molecule has 6 heteroatoms. The maximum absolute atomic E-state index is 7.83. The Hall–Kier alpha value is -8.97. The van der Waals surface area contributed by atoms with Crippen molar-refractivity contribution in [1.82, 2.24) is 9.13 Å². The molecule has 13 rings (SSSR count). The summed E-state index contributed by atoms with van der Waals surface area (Å²) in [4.78, 5) is 0. The van der Waals surface area contributed by atoms with E-state index in [1.165, 1.54) is 38.1 Å². The highest BCUT2D eigenvalue weighted by Gasteiger charge is 2.20. The van der Waals surface area contributed by atoms with E-state index >= 15 is 0 Å². The fourth-order valence-corrected chi connectivity index (χ4v) is 10.3. The highest BCUT2D eigenvalue weighted by molar-refractivity contribution is 6.19. The zero-order valence-corrected chi connectivity index (χ0v) is 39.5. The van der Waals surface area contributed by atoms with E-state index in [1.54, 1.807) is 6.08 Å². The molecule has 71 heavy (non-hydrogen) atoms. The van der Waals surface area contributed by atoms with Crippen molar-refractivity contribution in [2.45, 2.75) is 26.3 Å². The minimum Gasteiger partial charge on any atom is -0.456 e. The third-order valence-corrected chi connectivity index (χ3v) is 13.6. The predicted octanol–water partition coefficient (Wildman–Crippen LogP) is 17.4. The number of furan rings is 2. The van der Waals surface area contributed by atoms with Gasteiger partial charge in [0.05, 0.1) is 22.1 Å². The second-order valence-electron chi connectivity index (χ2n) is 18.3. The number of nitrogens with one attached hydrogen (secondary N) is 1. The van der Waals surface area contributed by atoms with Gasteiger partial charge in [0.1, 0.15) is 22.3 Å². The maximum atomic E-state index is 7.83. The molecule has 0 amide bonds. The molecule has 0 aliphatic rings. The number of para-hydroxylation sites is 3. The van der Waals surface area contributed by atoms with Crippen LogP contribution in [0, 0.1) is 12.3 Å². The number of benzene rings is 9. The normalized spacial score (nSPS) is 12.6. The summed E-state index contributed by atoms with van der Waals surface area (Å²) in [5, 5.41) is 17.2. The largest absolute Gasteiger partial charge is 0.456 e. The third-order valence-electron chi connectivity index (χ3n) is 13.6. The smallest absolute Gasteiger partial charge is 0.137 e. The molecule has 0 saturated heterocycles. The first-order chi connectivity index (χ1) is 34.9. The van der Waals surface area contributed by atoms with Gasteiger partial charge in [-0.15, -0.1) is 0 Å². The number of aryl methyl sites for hydroxylation is 1. The van der Waals surface area contributed by atoms with Crippen molar-refractivity contribution in [1.29, 1.82) is 5.41 Å². The molecule has 4 aromatic heterocycles. The Bertz CT molecular complexity index is 4260. The van der Waals surface area contributed by atoms with E-state index in [0.29, 0.717) is 12.1 Å². The molecule has 1 unspecified atom stereocenters. The fourth-order valence-electron chi connectivity index (χ4n) is 10.3. The molecule has 3 N–H and O–H groups in total. The van der Waals surface area contributed by atoms with Crippen LogP contribution in [-0.2, 0) is 0 Å². The number of rotatable bonds is 9. The van der Waals surface area contributed by atoms with E-state index < -0.39 is 0 Å². The maximum Gasteiger partial charge on any atom is 0.137 e. The number of fused-ring (bicyclic) bond motifs is 12. The van der Waals surface area contributed by atoms with Crippen molar-refractivity contribution >= 4 is 93.2 Å². The van der Waals surface area contributed by atoms with E-state index in [0.717, 1.165) is 83.0 Å². The summed E-state index contributed by atoms with van der Waals surface area (Å²) in [6, 6.07) is 68.6. The van der Waals surface area contributed by atoms with Gasteiger partial charge in [-0.2, -0.15) is 0 Å². The highest BCUT2D eigenvalue weighted by atomic mass is 16.3. The molecule has 0 spiro atoms. The third kappa shape index (κ3) is 7.90. The molecule has 6 nitrogen and oxygen atoms in total. The van der Waals surface area contributed by atoms with Crippen LogP contribution in [0.2, 0.25) is 0 Å². The van der Waals surface area contributed by atoms with Gasteiger partial charge in [0.15, 0.2) is 0 Å². The Morgan fingerprint density at radius 3 is 1.76 bits per heavy atom. The van der Waals surface area contributed by atoms with Crippen LogP contribution in [-0.4, -0.2) is 14.8 Å². The lowest BCUT2D eigenvalue weighted by Gasteiger charge is -2.10. The van der Waals surface area contributed by atoms with Crippen molar-refractivity contribution in [2.75, 3.05) is 0 Å². The summed E-state index contributed by atoms with van der Waals surface area (Å²) >= 11 is 0. The van der Waals surface area contributed by atoms with Crippen LogP contribution in [0.1, 0.15) is 30.5 Å². The summed E-state index contributed by atoms with van der Waals surface area (Å²) in [5.74, 6) is 0.